The minimum atomic E-state index is 0.381. The zero-order chi connectivity index (χ0) is 13.8. The molecular formula is C14H20N4O. The lowest BCUT2D eigenvalue weighted by Gasteiger charge is -2.28. The molecule has 0 saturated heterocycles. The van der Waals surface area contributed by atoms with Gasteiger partial charge in [0.15, 0.2) is 17.2 Å². The first-order chi connectivity index (χ1) is 9.17. The highest BCUT2D eigenvalue weighted by atomic mass is 16.4. The minimum absolute atomic E-state index is 0.381. The van der Waals surface area contributed by atoms with Crippen molar-refractivity contribution in [1.29, 1.82) is 0 Å². The van der Waals surface area contributed by atoms with Gasteiger partial charge in [-0.2, -0.15) is 4.98 Å². The second-order valence-electron chi connectivity index (χ2n) is 4.56. The zero-order valence-electron chi connectivity index (χ0n) is 11.9. The van der Waals surface area contributed by atoms with Crippen molar-refractivity contribution in [1.82, 2.24) is 15.0 Å². The molecule has 5 nitrogen and oxygen atoms in total. The second kappa shape index (κ2) is 5.82. The summed E-state index contributed by atoms with van der Waals surface area (Å²) in [6.45, 7) is 9.00. The molecule has 2 aromatic rings. The van der Waals surface area contributed by atoms with Gasteiger partial charge in [-0.25, -0.2) is 9.97 Å². The lowest BCUT2D eigenvalue weighted by Crippen LogP contribution is -2.33. The van der Waals surface area contributed by atoms with Gasteiger partial charge in [-0.1, -0.05) is 19.1 Å². The fourth-order valence-electron chi connectivity index (χ4n) is 1.97. The Bertz CT molecular complexity index is 576. The summed E-state index contributed by atoms with van der Waals surface area (Å²) in [5.41, 5.74) is 1.29. The van der Waals surface area contributed by atoms with Crippen LogP contribution in [-0.2, 0) is 0 Å². The fourth-order valence-corrected chi connectivity index (χ4v) is 1.97. The smallest absolute Gasteiger partial charge is 0.252 e. The summed E-state index contributed by atoms with van der Waals surface area (Å²) >= 11 is 0. The van der Waals surface area contributed by atoms with E-state index in [1.165, 1.54) is 6.33 Å². The molecule has 5 heteroatoms. The maximum absolute atomic E-state index is 5.47. The Morgan fingerprint density at radius 1 is 1.42 bits per heavy atom. The average Bonchev–Trinajstić information content (AvgIpc) is 2.79. The highest BCUT2D eigenvalue weighted by Gasteiger charge is 2.19. The Kier molecular flexibility index (Phi) is 4.14. The van der Waals surface area contributed by atoms with Crippen molar-refractivity contribution in [3.05, 3.63) is 24.4 Å². The molecule has 0 saturated carbocycles. The SMILES string of the molecule is C/C=C/CN(c1ncnc2oc(C)nc12)C(C)CC. The molecule has 102 valence electrons. The summed E-state index contributed by atoms with van der Waals surface area (Å²) in [5, 5.41) is 0. The van der Waals surface area contributed by atoms with E-state index in [4.69, 9.17) is 4.42 Å². The standard InChI is InChI=1S/C14H20N4O/c1-5-7-8-18(10(3)6-2)13-12-14(16-9-15-13)19-11(4)17-12/h5,7,9-10H,6,8H2,1-4H3/b7-5+. The Hall–Kier alpha value is -1.91. The van der Waals surface area contributed by atoms with E-state index in [9.17, 15) is 0 Å². The molecule has 0 radical (unpaired) electrons. The van der Waals surface area contributed by atoms with Gasteiger partial charge in [0.2, 0.25) is 0 Å². The summed E-state index contributed by atoms with van der Waals surface area (Å²) in [6.07, 6.45) is 6.74. The van der Waals surface area contributed by atoms with Crippen LogP contribution in [0.4, 0.5) is 5.82 Å². The number of hydrogen-bond donors (Lipinski definition) is 0. The molecule has 0 fully saturated rings. The van der Waals surface area contributed by atoms with Crippen molar-refractivity contribution in [3.8, 4) is 0 Å². The highest BCUT2D eigenvalue weighted by Crippen LogP contribution is 2.25. The molecule has 2 rings (SSSR count). The Morgan fingerprint density at radius 2 is 2.21 bits per heavy atom. The molecule has 0 aliphatic carbocycles. The number of aryl methyl sites for hydroxylation is 1. The molecule has 0 aromatic carbocycles. The summed E-state index contributed by atoms with van der Waals surface area (Å²) in [6, 6.07) is 0.381. The first-order valence-corrected chi connectivity index (χ1v) is 6.63. The number of aromatic nitrogens is 3. The third-order valence-electron chi connectivity index (χ3n) is 3.22. The van der Waals surface area contributed by atoms with Gasteiger partial charge in [-0.3, -0.25) is 0 Å². The fraction of sp³-hybridized carbons (Fsp3) is 0.500. The van der Waals surface area contributed by atoms with Crippen LogP contribution in [-0.4, -0.2) is 27.5 Å². The topological polar surface area (TPSA) is 55.1 Å². The molecule has 0 amide bonds. The van der Waals surface area contributed by atoms with Gasteiger partial charge in [0.05, 0.1) is 0 Å². The van der Waals surface area contributed by atoms with Crippen LogP contribution in [0.5, 0.6) is 0 Å². The largest absolute Gasteiger partial charge is 0.422 e. The van der Waals surface area contributed by atoms with Crippen molar-refractivity contribution in [3.63, 3.8) is 0 Å². The van der Waals surface area contributed by atoms with Gasteiger partial charge in [0.1, 0.15) is 6.33 Å². The molecule has 19 heavy (non-hydrogen) atoms. The average molecular weight is 260 g/mol. The molecule has 2 heterocycles. The van der Waals surface area contributed by atoms with E-state index in [0.29, 0.717) is 17.6 Å². The number of oxazole rings is 1. The number of allylic oxidation sites excluding steroid dienone is 1. The molecule has 0 N–H and O–H groups in total. The number of anilines is 1. The van der Waals surface area contributed by atoms with Crippen LogP contribution < -0.4 is 4.90 Å². The molecular weight excluding hydrogens is 240 g/mol. The molecule has 1 atom stereocenters. The number of fused-ring (bicyclic) bond motifs is 1. The Morgan fingerprint density at radius 3 is 2.89 bits per heavy atom. The zero-order valence-corrected chi connectivity index (χ0v) is 11.9. The lowest BCUT2D eigenvalue weighted by molar-refractivity contribution is 0.551. The maximum atomic E-state index is 5.47. The third-order valence-corrected chi connectivity index (χ3v) is 3.22. The minimum Gasteiger partial charge on any atom is -0.422 e. The van der Waals surface area contributed by atoms with E-state index in [2.05, 4.69) is 39.8 Å². The summed E-state index contributed by atoms with van der Waals surface area (Å²) in [7, 11) is 0. The van der Waals surface area contributed by atoms with Crippen molar-refractivity contribution >= 4 is 17.0 Å². The van der Waals surface area contributed by atoms with Gasteiger partial charge in [-0.05, 0) is 20.3 Å². The first-order valence-electron chi connectivity index (χ1n) is 6.63. The predicted molar refractivity (Wildman–Crippen MR) is 76.2 cm³/mol. The molecule has 2 aromatic heterocycles. The Balaban J connectivity index is 2.48. The molecule has 0 spiro atoms. The molecule has 1 unspecified atom stereocenters. The third kappa shape index (κ3) is 2.75. The van der Waals surface area contributed by atoms with E-state index in [1.54, 1.807) is 0 Å². The van der Waals surface area contributed by atoms with Crippen molar-refractivity contribution in [2.24, 2.45) is 0 Å². The quantitative estimate of drug-likeness (QED) is 0.773. The summed E-state index contributed by atoms with van der Waals surface area (Å²) in [5.74, 6) is 1.46. The van der Waals surface area contributed by atoms with Gasteiger partial charge >= 0.3 is 0 Å². The predicted octanol–water partition coefficient (Wildman–Crippen LogP) is 3.11. The van der Waals surface area contributed by atoms with Crippen LogP contribution >= 0.6 is 0 Å². The van der Waals surface area contributed by atoms with Crippen LogP contribution in [0.2, 0.25) is 0 Å². The van der Waals surface area contributed by atoms with Gasteiger partial charge in [0.25, 0.3) is 5.71 Å². The Labute approximate surface area is 113 Å². The van der Waals surface area contributed by atoms with E-state index in [0.717, 1.165) is 24.3 Å². The van der Waals surface area contributed by atoms with E-state index in [-0.39, 0.29) is 0 Å². The maximum Gasteiger partial charge on any atom is 0.252 e. The van der Waals surface area contributed by atoms with Crippen molar-refractivity contribution in [2.45, 2.75) is 40.2 Å². The van der Waals surface area contributed by atoms with Gasteiger partial charge in [-0.15, -0.1) is 0 Å². The van der Waals surface area contributed by atoms with E-state index >= 15 is 0 Å². The number of hydrogen-bond acceptors (Lipinski definition) is 5. The molecule has 0 bridgehead atoms. The number of rotatable bonds is 5. The van der Waals surface area contributed by atoms with E-state index < -0.39 is 0 Å². The van der Waals surface area contributed by atoms with Crippen LogP contribution in [0.15, 0.2) is 22.9 Å². The van der Waals surface area contributed by atoms with Crippen molar-refractivity contribution < 1.29 is 4.42 Å². The van der Waals surface area contributed by atoms with Crippen LogP contribution in [0.25, 0.3) is 11.2 Å². The van der Waals surface area contributed by atoms with Crippen LogP contribution in [0, 0.1) is 6.92 Å². The van der Waals surface area contributed by atoms with Crippen LogP contribution in [0.3, 0.4) is 0 Å². The molecule has 0 aliphatic rings. The normalized spacial score (nSPS) is 13.3. The van der Waals surface area contributed by atoms with Crippen molar-refractivity contribution in [2.75, 3.05) is 11.4 Å². The van der Waals surface area contributed by atoms with Crippen LogP contribution in [0.1, 0.15) is 33.1 Å². The summed E-state index contributed by atoms with van der Waals surface area (Å²) < 4.78 is 5.47. The van der Waals surface area contributed by atoms with Gasteiger partial charge < -0.3 is 9.32 Å². The summed E-state index contributed by atoms with van der Waals surface area (Å²) in [4.78, 5) is 15.2. The second-order valence-corrected chi connectivity index (χ2v) is 4.56. The van der Waals surface area contributed by atoms with Gasteiger partial charge in [0, 0.05) is 19.5 Å². The number of nitrogens with zero attached hydrogens (tertiary/aromatic N) is 4. The first kappa shape index (κ1) is 13.5. The lowest BCUT2D eigenvalue weighted by atomic mass is 10.2. The monoisotopic (exact) mass is 260 g/mol. The van der Waals surface area contributed by atoms with E-state index in [1.807, 2.05) is 19.9 Å². The molecule has 0 aliphatic heterocycles. The highest BCUT2D eigenvalue weighted by molar-refractivity contribution is 5.81.